The van der Waals surface area contributed by atoms with E-state index in [9.17, 15) is 27.9 Å². The first-order chi connectivity index (χ1) is 18.1. The first kappa shape index (κ1) is 27.1. The minimum atomic E-state index is -3.81. The number of H-pyrrole nitrogens is 1. The normalized spacial score (nSPS) is 16.7. The lowest BCUT2D eigenvalue weighted by Crippen LogP contribution is -2.45. The SMILES string of the molecule is CCC(C)S(=O)(=O)N[C@@H](Cc1ccc2c(c1)NC(=O)C(CCC(=O)Nc1nc3ccccc3[nH]1)O2)C(=O)O. The van der Waals surface area contributed by atoms with Gasteiger partial charge in [-0.15, -0.1) is 0 Å². The van der Waals surface area contributed by atoms with E-state index in [2.05, 4.69) is 25.3 Å². The average Bonchev–Trinajstić information content (AvgIpc) is 3.28. The molecule has 1 aromatic heterocycles. The molecular formula is C25H29N5O7S. The zero-order valence-corrected chi connectivity index (χ0v) is 21.7. The molecule has 0 saturated heterocycles. The fraction of sp³-hybridized carbons (Fsp3) is 0.360. The van der Waals surface area contributed by atoms with Crippen LogP contribution in [0.2, 0.25) is 0 Å². The van der Waals surface area contributed by atoms with Crippen LogP contribution in [0.4, 0.5) is 11.6 Å². The van der Waals surface area contributed by atoms with Crippen LogP contribution in [0.3, 0.4) is 0 Å². The third-order valence-corrected chi connectivity index (χ3v) is 8.30. The predicted molar refractivity (Wildman–Crippen MR) is 140 cm³/mol. The van der Waals surface area contributed by atoms with E-state index < -0.39 is 39.3 Å². The number of fused-ring (bicyclic) bond motifs is 2. The van der Waals surface area contributed by atoms with Crippen molar-refractivity contribution in [3.8, 4) is 5.75 Å². The number of carbonyl (C=O) groups is 3. The number of aromatic amines is 1. The number of imidazole rings is 1. The molecule has 1 aliphatic rings. The van der Waals surface area contributed by atoms with E-state index in [1.807, 2.05) is 24.3 Å². The van der Waals surface area contributed by atoms with Crippen LogP contribution in [-0.4, -0.2) is 58.7 Å². The molecule has 2 aromatic carbocycles. The molecule has 0 bridgehead atoms. The summed E-state index contributed by atoms with van der Waals surface area (Å²) in [6.45, 7) is 3.21. The number of sulfonamides is 1. The summed E-state index contributed by atoms with van der Waals surface area (Å²) >= 11 is 0. The average molecular weight is 544 g/mol. The molecule has 0 spiro atoms. The number of para-hydroxylation sites is 2. The Balaban J connectivity index is 1.36. The number of aromatic nitrogens is 2. The summed E-state index contributed by atoms with van der Waals surface area (Å²) in [5.74, 6) is -1.41. The number of benzene rings is 2. The van der Waals surface area contributed by atoms with E-state index in [0.29, 0.717) is 29.4 Å². The minimum Gasteiger partial charge on any atom is -0.480 e. The Morgan fingerprint density at radius 1 is 1.21 bits per heavy atom. The lowest BCUT2D eigenvalue weighted by Gasteiger charge is -2.26. The van der Waals surface area contributed by atoms with E-state index in [0.717, 1.165) is 11.0 Å². The van der Waals surface area contributed by atoms with Crippen molar-refractivity contribution in [3.63, 3.8) is 0 Å². The molecule has 202 valence electrons. The predicted octanol–water partition coefficient (Wildman–Crippen LogP) is 2.39. The van der Waals surface area contributed by atoms with Crippen LogP contribution in [0, 0.1) is 0 Å². The molecule has 0 saturated carbocycles. The number of carboxylic acid groups (broad SMARTS) is 1. The van der Waals surface area contributed by atoms with E-state index in [-0.39, 0.29) is 25.2 Å². The standard InChI is InChI=1S/C25H29N5O7S/c1-3-14(2)38(35,36)30-19(24(33)34)13-15-8-9-20-18(12-15)26-23(32)21(37-20)10-11-22(31)29-25-27-16-6-4-5-7-17(16)28-25/h4-9,12,14,19,21,30H,3,10-11,13H2,1-2H3,(H,26,32)(H,33,34)(H2,27,28,29,31)/t14?,19-,21?/m0/s1. The number of ether oxygens (including phenoxy) is 1. The molecule has 0 fully saturated rings. The molecule has 12 nitrogen and oxygen atoms in total. The van der Waals surface area contributed by atoms with Crippen molar-refractivity contribution < 1.29 is 32.6 Å². The Morgan fingerprint density at radius 3 is 2.68 bits per heavy atom. The van der Waals surface area contributed by atoms with Gasteiger partial charge in [-0.05, 0) is 49.6 Å². The molecule has 0 radical (unpaired) electrons. The highest BCUT2D eigenvalue weighted by molar-refractivity contribution is 7.90. The van der Waals surface area contributed by atoms with Crippen LogP contribution < -0.4 is 20.1 Å². The number of nitrogens with one attached hydrogen (secondary N) is 4. The van der Waals surface area contributed by atoms with Gasteiger partial charge in [0.1, 0.15) is 11.8 Å². The fourth-order valence-electron chi connectivity index (χ4n) is 3.93. The largest absolute Gasteiger partial charge is 0.480 e. The Bertz CT molecular complexity index is 1440. The zero-order chi connectivity index (χ0) is 27.4. The van der Waals surface area contributed by atoms with Crippen LogP contribution in [-0.2, 0) is 30.8 Å². The molecule has 5 N–H and O–H groups in total. The summed E-state index contributed by atoms with van der Waals surface area (Å²) in [4.78, 5) is 44.0. The number of anilines is 2. The van der Waals surface area contributed by atoms with Gasteiger partial charge in [0.2, 0.25) is 21.9 Å². The first-order valence-electron chi connectivity index (χ1n) is 12.1. The van der Waals surface area contributed by atoms with Gasteiger partial charge in [-0.2, -0.15) is 0 Å². The van der Waals surface area contributed by atoms with Crippen molar-refractivity contribution in [3.05, 3.63) is 48.0 Å². The van der Waals surface area contributed by atoms with E-state index in [4.69, 9.17) is 4.74 Å². The summed E-state index contributed by atoms with van der Waals surface area (Å²) in [6.07, 6.45) is -0.549. The van der Waals surface area contributed by atoms with E-state index >= 15 is 0 Å². The fourth-order valence-corrected chi connectivity index (χ4v) is 5.18. The summed E-state index contributed by atoms with van der Waals surface area (Å²) in [7, 11) is -3.81. The maximum Gasteiger partial charge on any atom is 0.322 e. The van der Waals surface area contributed by atoms with Gasteiger partial charge in [-0.3, -0.25) is 19.7 Å². The summed E-state index contributed by atoms with van der Waals surface area (Å²) in [5, 5.41) is 14.2. The molecule has 3 aromatic rings. The van der Waals surface area contributed by atoms with E-state index in [1.54, 1.807) is 25.1 Å². The number of carbonyl (C=O) groups excluding carboxylic acids is 2. The molecule has 3 atom stereocenters. The highest BCUT2D eigenvalue weighted by atomic mass is 32.2. The molecule has 2 amide bonds. The molecule has 2 heterocycles. The van der Waals surface area contributed by atoms with E-state index in [1.165, 1.54) is 6.92 Å². The van der Waals surface area contributed by atoms with Gasteiger partial charge in [0.15, 0.2) is 6.10 Å². The number of aliphatic carboxylic acids is 1. The number of rotatable bonds is 11. The third kappa shape index (κ3) is 6.29. The molecule has 1 aliphatic heterocycles. The summed E-state index contributed by atoms with van der Waals surface area (Å²) in [6, 6.07) is 10.7. The van der Waals surface area contributed by atoms with Crippen LogP contribution >= 0.6 is 0 Å². The van der Waals surface area contributed by atoms with Gasteiger partial charge in [0.25, 0.3) is 5.91 Å². The second-order valence-corrected chi connectivity index (χ2v) is 11.2. The summed E-state index contributed by atoms with van der Waals surface area (Å²) < 4.78 is 32.7. The van der Waals surface area contributed by atoms with Crippen molar-refractivity contribution >= 4 is 50.5 Å². The van der Waals surface area contributed by atoms with Crippen molar-refractivity contribution in [1.82, 2.24) is 14.7 Å². The van der Waals surface area contributed by atoms with Crippen molar-refractivity contribution in [2.24, 2.45) is 0 Å². The zero-order valence-electron chi connectivity index (χ0n) is 20.9. The summed E-state index contributed by atoms with van der Waals surface area (Å²) in [5.41, 5.74) is 2.34. The number of carboxylic acids is 1. The molecular weight excluding hydrogens is 514 g/mol. The Morgan fingerprint density at radius 2 is 1.97 bits per heavy atom. The van der Waals surface area contributed by atoms with Crippen LogP contribution in [0.1, 0.15) is 38.7 Å². The van der Waals surface area contributed by atoms with Gasteiger partial charge in [0.05, 0.1) is 22.0 Å². The molecule has 38 heavy (non-hydrogen) atoms. The van der Waals surface area contributed by atoms with Crippen LogP contribution in [0.5, 0.6) is 5.75 Å². The number of hydrogen-bond donors (Lipinski definition) is 5. The van der Waals surface area contributed by atoms with Gasteiger partial charge in [0, 0.05) is 12.8 Å². The van der Waals surface area contributed by atoms with Crippen molar-refractivity contribution in [2.75, 3.05) is 10.6 Å². The van der Waals surface area contributed by atoms with Gasteiger partial charge in [-0.25, -0.2) is 18.1 Å². The Kier molecular flexibility index (Phi) is 7.97. The molecule has 13 heteroatoms. The van der Waals surface area contributed by atoms with Gasteiger partial charge >= 0.3 is 5.97 Å². The van der Waals surface area contributed by atoms with Crippen LogP contribution in [0.25, 0.3) is 11.0 Å². The lowest BCUT2D eigenvalue weighted by atomic mass is 10.0. The number of nitrogens with zero attached hydrogens (tertiary/aromatic N) is 1. The lowest BCUT2D eigenvalue weighted by molar-refractivity contribution is -0.139. The highest BCUT2D eigenvalue weighted by Gasteiger charge is 2.30. The van der Waals surface area contributed by atoms with Crippen molar-refractivity contribution in [1.29, 1.82) is 0 Å². The molecule has 0 aliphatic carbocycles. The first-order valence-corrected chi connectivity index (χ1v) is 13.7. The third-order valence-electron chi connectivity index (χ3n) is 6.29. The monoisotopic (exact) mass is 543 g/mol. The quantitative estimate of drug-likeness (QED) is 0.244. The van der Waals surface area contributed by atoms with Gasteiger partial charge < -0.3 is 20.1 Å². The topological polar surface area (TPSA) is 180 Å². The highest BCUT2D eigenvalue weighted by Crippen LogP contribution is 2.32. The maximum atomic E-state index is 12.6. The Labute approximate surface area is 219 Å². The minimum absolute atomic E-state index is 0.0131. The Hall–Kier alpha value is -3.97. The molecule has 4 rings (SSSR count). The molecule has 2 unspecified atom stereocenters. The van der Waals surface area contributed by atoms with Crippen LogP contribution in [0.15, 0.2) is 42.5 Å². The second kappa shape index (κ2) is 11.2. The van der Waals surface area contributed by atoms with Crippen molar-refractivity contribution in [2.45, 2.75) is 56.9 Å². The van der Waals surface area contributed by atoms with Gasteiger partial charge in [-0.1, -0.05) is 25.1 Å². The maximum absolute atomic E-state index is 12.6. The second-order valence-electron chi connectivity index (χ2n) is 9.09. The number of amides is 2. The number of hydrogen-bond acceptors (Lipinski definition) is 7. The smallest absolute Gasteiger partial charge is 0.322 e.